The van der Waals surface area contributed by atoms with E-state index in [2.05, 4.69) is 16.5 Å². The highest BCUT2D eigenvalue weighted by Gasteiger charge is 2.19. The van der Waals surface area contributed by atoms with Crippen LogP contribution in [0.25, 0.3) is 11.0 Å². The highest BCUT2D eigenvalue weighted by Crippen LogP contribution is 2.19. The Kier molecular flexibility index (Phi) is 3.65. The van der Waals surface area contributed by atoms with Crippen molar-refractivity contribution < 1.29 is 9.90 Å². The number of para-hydroxylation sites is 2. The van der Waals surface area contributed by atoms with Crippen LogP contribution in [0.1, 0.15) is 26.1 Å². The summed E-state index contributed by atoms with van der Waals surface area (Å²) in [6.45, 7) is 4.77. The van der Waals surface area contributed by atoms with Gasteiger partial charge in [0.05, 0.1) is 17.0 Å². The minimum atomic E-state index is -0.743. The van der Waals surface area contributed by atoms with E-state index in [0.717, 1.165) is 23.4 Å². The molecule has 0 aliphatic heterocycles. The topological polar surface area (TPSA) is 55.1 Å². The lowest BCUT2D eigenvalue weighted by atomic mass is 10.0. The first-order valence-electron chi connectivity index (χ1n) is 6.34. The quantitative estimate of drug-likeness (QED) is 0.882. The number of nitrogens with zero attached hydrogens (tertiary/aromatic N) is 2. The number of carboxylic acids is 1. The van der Waals surface area contributed by atoms with Gasteiger partial charge in [0.1, 0.15) is 5.82 Å². The predicted molar refractivity (Wildman–Crippen MR) is 70.5 cm³/mol. The van der Waals surface area contributed by atoms with Crippen molar-refractivity contribution in [2.75, 3.05) is 0 Å². The summed E-state index contributed by atoms with van der Waals surface area (Å²) < 4.78 is 2.10. The Morgan fingerprint density at radius 2 is 2.11 bits per heavy atom. The van der Waals surface area contributed by atoms with Crippen LogP contribution in [0.4, 0.5) is 0 Å². The lowest BCUT2D eigenvalue weighted by Crippen LogP contribution is -2.18. The van der Waals surface area contributed by atoms with Crippen molar-refractivity contribution in [2.45, 2.75) is 33.2 Å². The zero-order valence-corrected chi connectivity index (χ0v) is 10.8. The van der Waals surface area contributed by atoms with E-state index in [1.54, 1.807) is 0 Å². The van der Waals surface area contributed by atoms with Crippen molar-refractivity contribution >= 4 is 17.0 Å². The Labute approximate surface area is 106 Å². The summed E-state index contributed by atoms with van der Waals surface area (Å²) in [7, 11) is 0. The molecule has 1 aromatic carbocycles. The van der Waals surface area contributed by atoms with Gasteiger partial charge in [-0.1, -0.05) is 19.1 Å². The van der Waals surface area contributed by atoms with Gasteiger partial charge in [0, 0.05) is 13.0 Å². The molecule has 0 fully saturated rings. The van der Waals surface area contributed by atoms with Gasteiger partial charge >= 0.3 is 5.97 Å². The highest BCUT2D eigenvalue weighted by molar-refractivity contribution is 5.76. The third-order valence-electron chi connectivity index (χ3n) is 3.32. The van der Waals surface area contributed by atoms with Gasteiger partial charge in [0.25, 0.3) is 0 Å². The van der Waals surface area contributed by atoms with Gasteiger partial charge in [0.2, 0.25) is 0 Å². The lowest BCUT2D eigenvalue weighted by molar-refractivity contribution is -0.141. The summed E-state index contributed by atoms with van der Waals surface area (Å²) in [6.07, 6.45) is 1.12. The molecule has 0 amide bonds. The number of rotatable bonds is 5. The molecule has 0 saturated heterocycles. The Hall–Kier alpha value is -1.84. The zero-order valence-electron chi connectivity index (χ0n) is 10.8. The third-order valence-corrected chi connectivity index (χ3v) is 3.32. The Morgan fingerprint density at radius 1 is 1.39 bits per heavy atom. The molecule has 0 spiro atoms. The van der Waals surface area contributed by atoms with E-state index in [0.29, 0.717) is 12.8 Å². The minimum Gasteiger partial charge on any atom is -0.481 e. The van der Waals surface area contributed by atoms with Crippen molar-refractivity contribution in [3.05, 3.63) is 30.1 Å². The molecule has 1 unspecified atom stereocenters. The average Bonchev–Trinajstić information content (AvgIpc) is 2.72. The van der Waals surface area contributed by atoms with E-state index >= 15 is 0 Å². The summed E-state index contributed by atoms with van der Waals surface area (Å²) >= 11 is 0. The first kappa shape index (κ1) is 12.6. The Bertz CT molecular complexity index is 560. The fourth-order valence-corrected chi connectivity index (χ4v) is 2.26. The SMILES string of the molecule is CCC(Cc1nc2ccccc2n1CC)C(=O)O. The van der Waals surface area contributed by atoms with Crippen LogP contribution >= 0.6 is 0 Å². The molecule has 4 heteroatoms. The van der Waals surface area contributed by atoms with Gasteiger partial charge in [-0.05, 0) is 25.5 Å². The summed E-state index contributed by atoms with van der Waals surface area (Å²) in [4.78, 5) is 15.7. The fraction of sp³-hybridized carbons (Fsp3) is 0.429. The molecule has 0 aliphatic carbocycles. The Morgan fingerprint density at radius 3 is 2.72 bits per heavy atom. The van der Waals surface area contributed by atoms with Crippen molar-refractivity contribution in [1.29, 1.82) is 0 Å². The van der Waals surface area contributed by atoms with Gasteiger partial charge in [-0.25, -0.2) is 4.98 Å². The normalized spacial score (nSPS) is 12.8. The van der Waals surface area contributed by atoms with Gasteiger partial charge in [-0.2, -0.15) is 0 Å². The standard InChI is InChI=1S/C14H18N2O2/c1-3-10(14(17)18)9-13-15-11-7-5-6-8-12(11)16(13)4-2/h5-8,10H,3-4,9H2,1-2H3,(H,17,18). The number of carbonyl (C=O) groups is 1. The molecule has 2 rings (SSSR count). The largest absolute Gasteiger partial charge is 0.481 e. The lowest BCUT2D eigenvalue weighted by Gasteiger charge is -2.10. The van der Waals surface area contributed by atoms with Crippen LogP contribution in [-0.2, 0) is 17.8 Å². The molecular formula is C14H18N2O2. The molecule has 2 aromatic rings. The van der Waals surface area contributed by atoms with Crippen molar-refractivity contribution in [3.8, 4) is 0 Å². The van der Waals surface area contributed by atoms with Gasteiger partial charge < -0.3 is 9.67 Å². The second-order valence-electron chi connectivity index (χ2n) is 4.41. The number of aliphatic carboxylic acids is 1. The number of hydrogen-bond acceptors (Lipinski definition) is 2. The van der Waals surface area contributed by atoms with Crippen LogP contribution in [0.5, 0.6) is 0 Å². The number of hydrogen-bond donors (Lipinski definition) is 1. The van der Waals surface area contributed by atoms with Gasteiger partial charge in [-0.15, -0.1) is 0 Å². The number of aromatic nitrogens is 2. The highest BCUT2D eigenvalue weighted by atomic mass is 16.4. The molecule has 0 saturated carbocycles. The zero-order chi connectivity index (χ0) is 13.1. The van der Waals surface area contributed by atoms with Gasteiger partial charge in [-0.3, -0.25) is 4.79 Å². The molecular weight excluding hydrogens is 228 g/mol. The maximum atomic E-state index is 11.1. The number of imidazole rings is 1. The molecule has 1 heterocycles. The Balaban J connectivity index is 2.41. The summed E-state index contributed by atoms with van der Waals surface area (Å²) in [5, 5.41) is 9.14. The van der Waals surface area contributed by atoms with E-state index in [1.807, 2.05) is 31.2 Å². The van der Waals surface area contributed by atoms with Crippen LogP contribution in [0.2, 0.25) is 0 Å². The van der Waals surface area contributed by atoms with E-state index in [1.165, 1.54) is 0 Å². The third kappa shape index (κ3) is 2.23. The predicted octanol–water partition coefficient (Wildman–Crippen LogP) is 2.71. The van der Waals surface area contributed by atoms with Crippen LogP contribution in [-0.4, -0.2) is 20.6 Å². The van der Waals surface area contributed by atoms with Crippen molar-refractivity contribution in [3.63, 3.8) is 0 Å². The van der Waals surface area contributed by atoms with Crippen LogP contribution < -0.4 is 0 Å². The first-order valence-corrected chi connectivity index (χ1v) is 6.34. The molecule has 1 N–H and O–H groups in total. The molecule has 0 aliphatic rings. The number of carboxylic acid groups (broad SMARTS) is 1. The summed E-state index contributed by atoms with van der Waals surface area (Å²) in [5.74, 6) is -0.229. The summed E-state index contributed by atoms with van der Waals surface area (Å²) in [6, 6.07) is 7.92. The molecule has 96 valence electrons. The molecule has 0 bridgehead atoms. The van der Waals surface area contributed by atoms with Gasteiger partial charge in [0.15, 0.2) is 0 Å². The van der Waals surface area contributed by atoms with E-state index in [4.69, 9.17) is 5.11 Å². The van der Waals surface area contributed by atoms with E-state index in [-0.39, 0.29) is 5.92 Å². The molecule has 18 heavy (non-hydrogen) atoms. The average molecular weight is 246 g/mol. The van der Waals surface area contributed by atoms with Crippen LogP contribution in [0.3, 0.4) is 0 Å². The molecule has 1 atom stereocenters. The number of fused-ring (bicyclic) bond motifs is 1. The maximum absolute atomic E-state index is 11.1. The van der Waals surface area contributed by atoms with Crippen LogP contribution in [0, 0.1) is 5.92 Å². The second kappa shape index (κ2) is 5.21. The van der Waals surface area contributed by atoms with Crippen molar-refractivity contribution in [2.24, 2.45) is 5.92 Å². The van der Waals surface area contributed by atoms with E-state index in [9.17, 15) is 4.79 Å². The molecule has 4 nitrogen and oxygen atoms in total. The van der Waals surface area contributed by atoms with Crippen LogP contribution in [0.15, 0.2) is 24.3 Å². The molecule has 0 radical (unpaired) electrons. The second-order valence-corrected chi connectivity index (χ2v) is 4.41. The minimum absolute atomic E-state index is 0.355. The number of aryl methyl sites for hydroxylation is 1. The van der Waals surface area contributed by atoms with E-state index < -0.39 is 5.97 Å². The summed E-state index contributed by atoms with van der Waals surface area (Å²) in [5.41, 5.74) is 2.02. The first-order chi connectivity index (χ1) is 8.67. The van der Waals surface area contributed by atoms with Crippen molar-refractivity contribution in [1.82, 2.24) is 9.55 Å². The number of benzene rings is 1. The smallest absolute Gasteiger partial charge is 0.306 e. The molecule has 1 aromatic heterocycles. The fourth-order valence-electron chi connectivity index (χ4n) is 2.26. The maximum Gasteiger partial charge on any atom is 0.306 e. The monoisotopic (exact) mass is 246 g/mol.